The number of primary amides is 1. The highest BCUT2D eigenvalue weighted by atomic mass is 35.5. The maximum atomic E-state index is 10.4. The minimum absolute atomic E-state index is 0.0389. The normalized spacial score (nSPS) is 8.82. The molecule has 0 aromatic rings. The van der Waals surface area contributed by atoms with Crippen LogP contribution in [0.4, 0.5) is 4.79 Å². The van der Waals surface area contributed by atoms with Crippen LogP contribution >= 0.6 is 11.8 Å². The smallest absolute Gasteiger partial charge is 0.336 e. The van der Waals surface area contributed by atoms with Gasteiger partial charge in [-0.1, -0.05) is 0 Å². The molecule has 7 nitrogen and oxygen atoms in total. The maximum absolute atomic E-state index is 10.4. The number of carbonyl (C=O) groups is 2. The number of nitro groups is 1. The van der Waals surface area contributed by atoms with Crippen molar-refractivity contribution < 1.29 is 14.5 Å². The van der Waals surface area contributed by atoms with Gasteiger partial charge in [0.25, 0.3) is 6.54 Å². The van der Waals surface area contributed by atoms with Gasteiger partial charge in [-0.3, -0.25) is 14.9 Å². The monoisotopic (exact) mass is 181 g/mol. The minimum Gasteiger partial charge on any atom is -0.350 e. The van der Waals surface area contributed by atoms with Gasteiger partial charge in [0.05, 0.1) is 0 Å². The van der Waals surface area contributed by atoms with Crippen molar-refractivity contribution in [1.82, 2.24) is 4.42 Å². The van der Waals surface area contributed by atoms with Gasteiger partial charge in [-0.15, -0.1) is 0 Å². The molecule has 0 aromatic carbocycles. The molecule has 62 valence electrons. The van der Waals surface area contributed by atoms with E-state index in [1.807, 2.05) is 0 Å². The van der Waals surface area contributed by atoms with Crippen LogP contribution in [0.1, 0.15) is 0 Å². The van der Waals surface area contributed by atoms with E-state index < -0.39 is 23.4 Å². The van der Waals surface area contributed by atoms with Crippen molar-refractivity contribution in [2.24, 2.45) is 5.73 Å². The minimum atomic E-state index is -1.24. The third kappa shape index (κ3) is 3.36. The molecule has 0 aliphatic heterocycles. The summed E-state index contributed by atoms with van der Waals surface area (Å²) in [5, 5.41) is 9.68. The summed E-state index contributed by atoms with van der Waals surface area (Å²) < 4.78 is -0.0389. The molecule has 3 amide bonds. The van der Waals surface area contributed by atoms with Crippen molar-refractivity contribution in [2.45, 2.75) is 0 Å². The van der Waals surface area contributed by atoms with Gasteiger partial charge in [-0.2, -0.15) is 4.42 Å². The van der Waals surface area contributed by atoms with Crippen LogP contribution in [0.3, 0.4) is 0 Å². The molecule has 0 aromatic heterocycles. The third-order valence-electron chi connectivity index (χ3n) is 0.677. The van der Waals surface area contributed by atoms with Crippen molar-refractivity contribution in [3.05, 3.63) is 10.1 Å². The molecule has 2 N–H and O–H groups in total. The summed E-state index contributed by atoms with van der Waals surface area (Å²) in [5.74, 6) is -1.16. The topological polar surface area (TPSA) is 107 Å². The number of halogens is 1. The molecule has 0 aliphatic rings. The SMILES string of the molecule is NC(=O)N(Cl)C(=O)C[N+](=O)[O-]. The van der Waals surface area contributed by atoms with E-state index in [0.717, 1.165) is 0 Å². The van der Waals surface area contributed by atoms with Gasteiger partial charge in [-0.05, 0) is 0 Å². The standard InChI is InChI=1S/C3H4ClN3O4/c4-7(3(5)9)2(8)1-6(10)11/h1H2,(H2,5,9). The van der Waals surface area contributed by atoms with Crippen LogP contribution in [-0.2, 0) is 4.79 Å². The molecule has 0 bridgehead atoms. The summed E-state index contributed by atoms with van der Waals surface area (Å²) >= 11 is 4.92. The number of hydrogen-bond acceptors (Lipinski definition) is 4. The summed E-state index contributed by atoms with van der Waals surface area (Å²) in [4.78, 5) is 29.3. The Kier molecular flexibility index (Phi) is 3.25. The lowest BCUT2D eigenvalue weighted by atomic mass is 10.6. The van der Waals surface area contributed by atoms with Gasteiger partial charge in [0.15, 0.2) is 0 Å². The zero-order valence-corrected chi connectivity index (χ0v) is 5.95. The number of urea groups is 1. The highest BCUT2D eigenvalue weighted by molar-refractivity contribution is 6.29. The second kappa shape index (κ2) is 3.71. The highest BCUT2D eigenvalue weighted by Gasteiger charge is 2.20. The van der Waals surface area contributed by atoms with E-state index in [1.165, 1.54) is 0 Å². The molecule has 8 heteroatoms. The van der Waals surface area contributed by atoms with Crippen LogP contribution < -0.4 is 5.73 Å². The van der Waals surface area contributed by atoms with Gasteiger partial charge >= 0.3 is 11.9 Å². The fraction of sp³-hybridized carbons (Fsp3) is 0.333. The lowest BCUT2D eigenvalue weighted by Gasteiger charge is -2.03. The summed E-state index contributed by atoms with van der Waals surface area (Å²) in [7, 11) is 0. The summed E-state index contributed by atoms with van der Waals surface area (Å²) in [6, 6.07) is -1.24. The Bertz CT molecular complexity index is 205. The molecule has 0 radical (unpaired) electrons. The van der Waals surface area contributed by atoms with Gasteiger partial charge in [-0.25, -0.2) is 4.79 Å². The molecule has 0 atom stereocenters. The summed E-state index contributed by atoms with van der Waals surface area (Å²) in [5.41, 5.74) is 4.52. The number of amides is 3. The Balaban J connectivity index is 4.04. The summed E-state index contributed by atoms with van der Waals surface area (Å²) in [6.07, 6.45) is 0. The van der Waals surface area contributed by atoms with E-state index in [1.54, 1.807) is 0 Å². The Morgan fingerprint density at radius 2 is 2.09 bits per heavy atom. The van der Waals surface area contributed by atoms with E-state index in [4.69, 9.17) is 11.8 Å². The Hall–Kier alpha value is -1.37. The Morgan fingerprint density at radius 3 is 2.36 bits per heavy atom. The molecular weight excluding hydrogens is 178 g/mol. The van der Waals surface area contributed by atoms with E-state index in [0.29, 0.717) is 0 Å². The lowest BCUT2D eigenvalue weighted by molar-refractivity contribution is -0.468. The molecule has 0 heterocycles. The van der Waals surface area contributed by atoms with Crippen molar-refractivity contribution in [3.63, 3.8) is 0 Å². The molecule has 0 fully saturated rings. The molecule has 0 rings (SSSR count). The molecule has 0 saturated carbocycles. The van der Waals surface area contributed by atoms with Crippen molar-refractivity contribution in [2.75, 3.05) is 6.54 Å². The Morgan fingerprint density at radius 1 is 1.64 bits per heavy atom. The van der Waals surface area contributed by atoms with Crippen LogP contribution in [0.2, 0.25) is 0 Å². The largest absolute Gasteiger partial charge is 0.350 e. The number of rotatable bonds is 2. The second-order valence-corrected chi connectivity index (χ2v) is 1.84. The van der Waals surface area contributed by atoms with E-state index in [2.05, 4.69) is 5.73 Å². The first-order chi connectivity index (χ1) is 4.95. The van der Waals surface area contributed by atoms with E-state index >= 15 is 0 Å². The van der Waals surface area contributed by atoms with Gasteiger partial charge < -0.3 is 5.73 Å². The van der Waals surface area contributed by atoms with Crippen LogP contribution in [0, 0.1) is 10.1 Å². The highest BCUT2D eigenvalue weighted by Crippen LogP contribution is 1.93. The van der Waals surface area contributed by atoms with Crippen molar-refractivity contribution in [1.29, 1.82) is 0 Å². The van der Waals surface area contributed by atoms with Gasteiger partial charge in [0.2, 0.25) is 0 Å². The zero-order valence-electron chi connectivity index (χ0n) is 5.19. The number of imide groups is 1. The van der Waals surface area contributed by atoms with Crippen molar-refractivity contribution in [3.8, 4) is 0 Å². The van der Waals surface area contributed by atoms with Gasteiger partial charge in [0, 0.05) is 16.7 Å². The molecular formula is C3H4ClN3O4. The number of hydrogen-bond donors (Lipinski definition) is 1. The maximum Gasteiger partial charge on any atom is 0.336 e. The predicted molar refractivity (Wildman–Crippen MR) is 34.1 cm³/mol. The van der Waals surface area contributed by atoms with Crippen molar-refractivity contribution >= 4 is 23.7 Å². The average molecular weight is 182 g/mol. The molecule has 11 heavy (non-hydrogen) atoms. The molecule has 0 saturated heterocycles. The number of nitrogens with zero attached hydrogens (tertiary/aromatic N) is 2. The van der Waals surface area contributed by atoms with E-state index in [-0.39, 0.29) is 4.42 Å². The molecule has 0 unspecified atom stereocenters. The third-order valence-corrected chi connectivity index (χ3v) is 1.03. The first kappa shape index (κ1) is 9.63. The average Bonchev–Trinajstić information content (AvgIpc) is 1.84. The predicted octanol–water partition coefficient (Wildman–Crippen LogP) is -0.676. The fourth-order valence-corrected chi connectivity index (χ4v) is 0.349. The Labute approximate surface area is 66.0 Å². The first-order valence-corrected chi connectivity index (χ1v) is 2.69. The summed E-state index contributed by atoms with van der Waals surface area (Å²) in [6.45, 7) is -1.05. The quantitative estimate of drug-likeness (QED) is 0.346. The number of nitrogens with two attached hydrogens (primary N) is 1. The second-order valence-electron chi connectivity index (χ2n) is 1.50. The zero-order chi connectivity index (χ0) is 9.02. The first-order valence-electron chi connectivity index (χ1n) is 2.35. The van der Waals surface area contributed by atoms with Crippen LogP contribution in [-0.4, -0.2) is 27.8 Å². The molecule has 0 spiro atoms. The lowest BCUT2D eigenvalue weighted by Crippen LogP contribution is -2.36. The van der Waals surface area contributed by atoms with Crippen LogP contribution in [0.5, 0.6) is 0 Å². The van der Waals surface area contributed by atoms with Crippen LogP contribution in [0.25, 0.3) is 0 Å². The van der Waals surface area contributed by atoms with E-state index in [9.17, 15) is 19.7 Å². The van der Waals surface area contributed by atoms with Crippen LogP contribution in [0.15, 0.2) is 0 Å². The van der Waals surface area contributed by atoms with Gasteiger partial charge in [0.1, 0.15) is 0 Å². The molecule has 0 aliphatic carbocycles. The number of carbonyl (C=O) groups excluding carboxylic acids is 2. The fourth-order valence-electron chi connectivity index (χ4n) is 0.295.